The lowest BCUT2D eigenvalue weighted by Crippen LogP contribution is -2.17. The molecular weight excluding hydrogens is 269 g/mol. The smallest absolute Gasteiger partial charge is 0.504 e. The molecular formula is C15H13F3O2. The van der Waals surface area contributed by atoms with Gasteiger partial charge in [0, 0.05) is 0 Å². The Kier molecular flexibility index (Phi) is 3.61. The molecule has 2 nitrogen and oxygen atoms in total. The van der Waals surface area contributed by atoms with Gasteiger partial charge < -0.3 is 9.84 Å². The molecule has 0 radical (unpaired) electrons. The summed E-state index contributed by atoms with van der Waals surface area (Å²) in [6.07, 6.45) is -4.82. The predicted molar refractivity (Wildman–Crippen MR) is 69.7 cm³/mol. The molecule has 2 aromatic rings. The Bertz CT molecular complexity index is 634. The third-order valence-electron chi connectivity index (χ3n) is 2.88. The minimum atomic E-state index is -4.82. The van der Waals surface area contributed by atoms with Crippen molar-refractivity contribution in [1.82, 2.24) is 0 Å². The number of halogens is 3. The maximum atomic E-state index is 12.1. The Hall–Kier alpha value is -2.17. The van der Waals surface area contributed by atoms with Gasteiger partial charge in [-0.1, -0.05) is 29.8 Å². The van der Waals surface area contributed by atoms with E-state index in [1.54, 1.807) is 0 Å². The normalized spacial score (nSPS) is 11.4. The van der Waals surface area contributed by atoms with Gasteiger partial charge in [-0.25, -0.2) is 0 Å². The zero-order valence-electron chi connectivity index (χ0n) is 11.0. The monoisotopic (exact) mass is 282 g/mol. The van der Waals surface area contributed by atoms with Crippen molar-refractivity contribution in [2.45, 2.75) is 20.2 Å². The Morgan fingerprint density at radius 3 is 2.25 bits per heavy atom. The molecule has 0 spiro atoms. The number of phenols is 1. The van der Waals surface area contributed by atoms with Crippen molar-refractivity contribution in [2.75, 3.05) is 0 Å². The van der Waals surface area contributed by atoms with Crippen LogP contribution in [0.25, 0.3) is 11.1 Å². The van der Waals surface area contributed by atoms with Gasteiger partial charge in [-0.05, 0) is 42.7 Å². The topological polar surface area (TPSA) is 29.5 Å². The summed E-state index contributed by atoms with van der Waals surface area (Å²) in [6, 6.07) is 9.59. The first-order valence-corrected chi connectivity index (χ1v) is 5.92. The van der Waals surface area contributed by atoms with Crippen molar-refractivity contribution in [2.24, 2.45) is 0 Å². The molecule has 0 aliphatic heterocycles. The number of alkyl halides is 3. The van der Waals surface area contributed by atoms with Gasteiger partial charge in [0.25, 0.3) is 0 Å². The van der Waals surface area contributed by atoms with Crippen LogP contribution in [0.1, 0.15) is 11.1 Å². The predicted octanol–water partition coefficient (Wildman–Crippen LogP) is 4.57. The van der Waals surface area contributed by atoms with Gasteiger partial charge in [0.05, 0.1) is 0 Å². The molecule has 1 N–H and O–H groups in total. The van der Waals surface area contributed by atoms with Gasteiger partial charge in [0.15, 0.2) is 11.5 Å². The number of phenolic OH excluding ortho intramolecular Hbond substituents is 1. The van der Waals surface area contributed by atoms with Crippen LogP contribution in [-0.4, -0.2) is 11.5 Å². The third-order valence-corrected chi connectivity index (χ3v) is 2.88. The second kappa shape index (κ2) is 5.07. The number of aryl methyl sites for hydroxylation is 2. The molecule has 0 bridgehead atoms. The molecule has 0 aliphatic carbocycles. The first kappa shape index (κ1) is 14.2. The lowest BCUT2D eigenvalue weighted by molar-refractivity contribution is -0.275. The first-order valence-electron chi connectivity index (χ1n) is 5.92. The Balaban J connectivity index is 2.38. The molecule has 0 heterocycles. The van der Waals surface area contributed by atoms with Crippen molar-refractivity contribution in [1.29, 1.82) is 0 Å². The van der Waals surface area contributed by atoms with E-state index in [0.717, 1.165) is 22.8 Å². The van der Waals surface area contributed by atoms with E-state index in [4.69, 9.17) is 0 Å². The highest BCUT2D eigenvalue weighted by Crippen LogP contribution is 2.35. The number of aromatic hydroxyl groups is 1. The van der Waals surface area contributed by atoms with Crippen molar-refractivity contribution in [3.8, 4) is 22.6 Å². The molecule has 5 heteroatoms. The number of benzene rings is 2. The molecule has 0 aliphatic rings. The molecule has 2 rings (SSSR count). The van der Waals surface area contributed by atoms with Crippen LogP contribution in [-0.2, 0) is 0 Å². The van der Waals surface area contributed by atoms with Crippen molar-refractivity contribution < 1.29 is 23.0 Å². The van der Waals surface area contributed by atoms with E-state index < -0.39 is 17.9 Å². The summed E-state index contributed by atoms with van der Waals surface area (Å²) in [4.78, 5) is 0. The molecule has 20 heavy (non-hydrogen) atoms. The SMILES string of the molecule is Cc1ccc(-c2ccc(OC(F)(F)F)c(O)c2)c(C)c1. The summed E-state index contributed by atoms with van der Waals surface area (Å²) in [5.74, 6) is -1.15. The highest BCUT2D eigenvalue weighted by atomic mass is 19.4. The molecule has 0 amide bonds. The summed E-state index contributed by atoms with van der Waals surface area (Å²) in [5, 5.41) is 9.64. The summed E-state index contributed by atoms with van der Waals surface area (Å²) in [6.45, 7) is 3.86. The van der Waals surface area contributed by atoms with Crippen LogP contribution >= 0.6 is 0 Å². The van der Waals surface area contributed by atoms with Crippen LogP contribution in [0.3, 0.4) is 0 Å². The fourth-order valence-corrected chi connectivity index (χ4v) is 2.03. The highest BCUT2D eigenvalue weighted by Gasteiger charge is 2.32. The lowest BCUT2D eigenvalue weighted by Gasteiger charge is -2.12. The van der Waals surface area contributed by atoms with Crippen molar-refractivity contribution in [3.63, 3.8) is 0 Å². The molecule has 0 saturated heterocycles. The van der Waals surface area contributed by atoms with Gasteiger partial charge in [0.2, 0.25) is 0 Å². The number of ether oxygens (including phenoxy) is 1. The molecule has 0 saturated carbocycles. The van der Waals surface area contributed by atoms with Gasteiger partial charge in [-0.3, -0.25) is 0 Å². The summed E-state index contributed by atoms with van der Waals surface area (Å²) in [7, 11) is 0. The minimum Gasteiger partial charge on any atom is -0.504 e. The van der Waals surface area contributed by atoms with E-state index in [2.05, 4.69) is 4.74 Å². The Morgan fingerprint density at radius 1 is 1.00 bits per heavy atom. The van der Waals surface area contributed by atoms with Crippen LogP contribution in [0.15, 0.2) is 36.4 Å². The van der Waals surface area contributed by atoms with E-state index in [1.165, 1.54) is 12.1 Å². The molecule has 0 atom stereocenters. The summed E-state index contributed by atoms with van der Waals surface area (Å²) < 4.78 is 40.1. The molecule has 0 aromatic heterocycles. The summed E-state index contributed by atoms with van der Waals surface area (Å²) in [5.41, 5.74) is 3.56. The molecule has 0 fully saturated rings. The Morgan fingerprint density at radius 2 is 1.70 bits per heavy atom. The Labute approximate surface area is 114 Å². The van der Waals surface area contributed by atoms with E-state index >= 15 is 0 Å². The number of hydrogen-bond donors (Lipinski definition) is 1. The van der Waals surface area contributed by atoms with E-state index in [-0.39, 0.29) is 0 Å². The fourth-order valence-electron chi connectivity index (χ4n) is 2.03. The van der Waals surface area contributed by atoms with Gasteiger partial charge in [-0.2, -0.15) is 0 Å². The second-order valence-corrected chi connectivity index (χ2v) is 4.55. The average Bonchev–Trinajstić information content (AvgIpc) is 2.30. The number of rotatable bonds is 2. The largest absolute Gasteiger partial charge is 0.573 e. The van der Waals surface area contributed by atoms with Crippen LogP contribution in [0.2, 0.25) is 0 Å². The zero-order chi connectivity index (χ0) is 14.9. The molecule has 2 aromatic carbocycles. The maximum Gasteiger partial charge on any atom is 0.573 e. The van der Waals surface area contributed by atoms with Crippen LogP contribution in [0.5, 0.6) is 11.5 Å². The van der Waals surface area contributed by atoms with Crippen LogP contribution < -0.4 is 4.74 Å². The lowest BCUT2D eigenvalue weighted by atomic mass is 9.98. The van der Waals surface area contributed by atoms with Gasteiger partial charge in [-0.15, -0.1) is 13.2 Å². The number of hydrogen-bond acceptors (Lipinski definition) is 2. The summed E-state index contributed by atoms with van der Waals surface area (Å²) >= 11 is 0. The van der Waals surface area contributed by atoms with Crippen LogP contribution in [0, 0.1) is 13.8 Å². The third kappa shape index (κ3) is 3.23. The minimum absolute atomic E-state index is 0.542. The van der Waals surface area contributed by atoms with E-state index in [0.29, 0.717) is 5.56 Å². The van der Waals surface area contributed by atoms with Gasteiger partial charge in [0.1, 0.15) is 0 Å². The van der Waals surface area contributed by atoms with Gasteiger partial charge >= 0.3 is 6.36 Å². The fraction of sp³-hybridized carbons (Fsp3) is 0.200. The average molecular weight is 282 g/mol. The zero-order valence-corrected chi connectivity index (χ0v) is 11.0. The van der Waals surface area contributed by atoms with Crippen LogP contribution in [0.4, 0.5) is 13.2 Å². The van der Waals surface area contributed by atoms with Crippen molar-refractivity contribution >= 4 is 0 Å². The molecule has 0 unspecified atom stereocenters. The quantitative estimate of drug-likeness (QED) is 0.874. The standard InChI is InChI=1S/C15H13F3O2/c1-9-3-5-12(10(2)7-9)11-4-6-14(13(19)8-11)20-15(16,17)18/h3-8,19H,1-2H3. The van der Waals surface area contributed by atoms with Crippen molar-refractivity contribution in [3.05, 3.63) is 47.5 Å². The van der Waals surface area contributed by atoms with E-state index in [9.17, 15) is 18.3 Å². The highest BCUT2D eigenvalue weighted by molar-refractivity contribution is 5.70. The van der Waals surface area contributed by atoms with E-state index in [1.807, 2.05) is 32.0 Å². The molecule has 106 valence electrons. The first-order chi connectivity index (χ1) is 9.26. The maximum absolute atomic E-state index is 12.1. The second-order valence-electron chi connectivity index (χ2n) is 4.55.